The van der Waals surface area contributed by atoms with E-state index in [0.717, 1.165) is 5.56 Å². The van der Waals surface area contributed by atoms with Gasteiger partial charge in [0.25, 0.3) is 11.6 Å². The lowest BCUT2D eigenvalue weighted by Gasteiger charge is -2.08. The second-order valence-corrected chi connectivity index (χ2v) is 5.04. The average molecular weight is 356 g/mol. The normalized spacial score (nSPS) is 10.3. The van der Waals surface area contributed by atoms with Crippen LogP contribution >= 0.6 is 0 Å². The Labute approximate surface area is 149 Å². The molecule has 0 radical (unpaired) electrons. The highest BCUT2D eigenvalue weighted by Gasteiger charge is 2.17. The number of anilines is 1. The number of nitro groups is 1. The van der Waals surface area contributed by atoms with Crippen LogP contribution in [0.5, 0.6) is 5.75 Å². The lowest BCUT2D eigenvalue weighted by atomic mass is 10.2. The number of carbonyl (C=O) groups excluding carboxylic acids is 2. The molecule has 0 aliphatic heterocycles. The summed E-state index contributed by atoms with van der Waals surface area (Å²) in [6, 6.07) is 13.0. The number of methoxy groups -OCH3 is 1. The van der Waals surface area contributed by atoms with Crippen molar-refractivity contribution in [1.29, 1.82) is 0 Å². The van der Waals surface area contributed by atoms with Crippen LogP contribution in [0.4, 0.5) is 11.4 Å². The van der Waals surface area contributed by atoms with Crippen molar-refractivity contribution in [2.45, 2.75) is 0 Å². The van der Waals surface area contributed by atoms with Gasteiger partial charge in [-0.25, -0.2) is 4.79 Å². The van der Waals surface area contributed by atoms with Crippen LogP contribution < -0.4 is 10.1 Å². The van der Waals surface area contributed by atoms with E-state index in [1.807, 2.05) is 18.2 Å². The van der Waals surface area contributed by atoms with Crippen LogP contribution in [0.15, 0.2) is 54.6 Å². The molecule has 0 atom stereocenters. The van der Waals surface area contributed by atoms with Crippen molar-refractivity contribution < 1.29 is 24.0 Å². The van der Waals surface area contributed by atoms with Crippen molar-refractivity contribution in [2.75, 3.05) is 19.0 Å². The van der Waals surface area contributed by atoms with E-state index >= 15 is 0 Å². The molecule has 2 aromatic rings. The van der Waals surface area contributed by atoms with Gasteiger partial charge in [0.05, 0.1) is 12.0 Å². The van der Waals surface area contributed by atoms with Gasteiger partial charge in [0, 0.05) is 18.2 Å². The maximum absolute atomic E-state index is 11.9. The van der Waals surface area contributed by atoms with Crippen LogP contribution in [0.3, 0.4) is 0 Å². The molecule has 0 heterocycles. The number of carbonyl (C=O) groups is 2. The van der Waals surface area contributed by atoms with Gasteiger partial charge >= 0.3 is 5.97 Å². The molecular weight excluding hydrogens is 340 g/mol. The van der Waals surface area contributed by atoms with Gasteiger partial charge in [0.1, 0.15) is 11.4 Å². The van der Waals surface area contributed by atoms with Crippen LogP contribution in [0.2, 0.25) is 0 Å². The highest BCUT2D eigenvalue weighted by molar-refractivity contribution is 5.96. The summed E-state index contributed by atoms with van der Waals surface area (Å²) in [5, 5.41) is 13.3. The van der Waals surface area contributed by atoms with Crippen molar-refractivity contribution in [3.05, 3.63) is 70.3 Å². The maximum atomic E-state index is 11.9. The summed E-state index contributed by atoms with van der Waals surface area (Å²) in [7, 11) is 1.40. The van der Waals surface area contributed by atoms with Crippen molar-refractivity contribution >= 4 is 29.3 Å². The van der Waals surface area contributed by atoms with Crippen LogP contribution in [0.1, 0.15) is 5.56 Å². The summed E-state index contributed by atoms with van der Waals surface area (Å²) in [5.41, 5.74) is 0.464. The number of nitro benzene ring substituents is 1. The first kappa shape index (κ1) is 18.7. The van der Waals surface area contributed by atoms with E-state index in [-0.39, 0.29) is 11.4 Å². The Kier molecular flexibility index (Phi) is 6.44. The average Bonchev–Trinajstić information content (AvgIpc) is 2.65. The molecule has 0 unspecified atom stereocenters. The number of hydrogen-bond acceptors (Lipinski definition) is 6. The van der Waals surface area contributed by atoms with Crippen LogP contribution in [0.25, 0.3) is 6.08 Å². The van der Waals surface area contributed by atoms with Crippen LogP contribution in [-0.4, -0.2) is 30.5 Å². The molecule has 1 N–H and O–H groups in total. The Morgan fingerprint density at radius 1 is 1.19 bits per heavy atom. The molecule has 0 bridgehead atoms. The molecule has 0 saturated heterocycles. The third kappa shape index (κ3) is 5.45. The first-order valence-electron chi connectivity index (χ1n) is 7.52. The smallest absolute Gasteiger partial charge is 0.331 e. The standard InChI is InChI=1S/C18H16N2O6/c1-25-14-8-9-16(20(23)24)15(11-14)19-17(21)12-26-18(22)10-7-13-5-3-2-4-6-13/h2-11H,12H2,1H3,(H,19,21)/b10-7+. The maximum Gasteiger partial charge on any atom is 0.331 e. The topological polar surface area (TPSA) is 108 Å². The van der Waals surface area contributed by atoms with Crippen LogP contribution in [-0.2, 0) is 14.3 Å². The monoisotopic (exact) mass is 356 g/mol. The Balaban J connectivity index is 1.93. The Morgan fingerprint density at radius 3 is 2.58 bits per heavy atom. The third-order valence-corrected chi connectivity index (χ3v) is 3.23. The molecule has 134 valence electrons. The Bertz CT molecular complexity index is 833. The minimum atomic E-state index is -0.706. The van der Waals surface area contributed by atoms with Gasteiger partial charge < -0.3 is 14.8 Å². The Hall–Kier alpha value is -3.68. The molecule has 2 aromatic carbocycles. The fraction of sp³-hybridized carbons (Fsp3) is 0.111. The number of nitrogens with zero attached hydrogens (tertiary/aromatic N) is 1. The first-order valence-corrected chi connectivity index (χ1v) is 7.52. The molecule has 2 rings (SSSR count). The Morgan fingerprint density at radius 2 is 1.92 bits per heavy atom. The van der Waals surface area contributed by atoms with Crippen molar-refractivity contribution in [1.82, 2.24) is 0 Å². The largest absolute Gasteiger partial charge is 0.497 e. The fourth-order valence-electron chi connectivity index (χ4n) is 2.00. The number of hydrogen-bond donors (Lipinski definition) is 1. The van der Waals surface area contributed by atoms with Gasteiger partial charge in [-0.3, -0.25) is 14.9 Å². The second kappa shape index (κ2) is 8.97. The molecule has 8 heteroatoms. The summed E-state index contributed by atoms with van der Waals surface area (Å²) in [6.45, 7) is -0.577. The molecular formula is C18H16N2O6. The minimum Gasteiger partial charge on any atom is -0.497 e. The lowest BCUT2D eigenvalue weighted by Crippen LogP contribution is -2.20. The molecule has 0 aromatic heterocycles. The quantitative estimate of drug-likeness (QED) is 0.354. The fourth-order valence-corrected chi connectivity index (χ4v) is 2.00. The summed E-state index contributed by atoms with van der Waals surface area (Å²) >= 11 is 0. The molecule has 8 nitrogen and oxygen atoms in total. The molecule has 0 fully saturated rings. The van der Waals surface area contributed by atoms with Gasteiger partial charge in [-0.1, -0.05) is 30.3 Å². The summed E-state index contributed by atoms with van der Waals surface area (Å²) in [5.74, 6) is -1.07. The number of nitrogens with one attached hydrogen (secondary N) is 1. The molecule has 0 aliphatic rings. The van der Waals surface area contributed by atoms with E-state index in [4.69, 9.17) is 9.47 Å². The number of amides is 1. The first-order chi connectivity index (χ1) is 12.5. The van der Waals surface area contributed by atoms with Gasteiger partial charge in [-0.15, -0.1) is 0 Å². The summed E-state index contributed by atoms with van der Waals surface area (Å²) in [4.78, 5) is 33.9. The third-order valence-electron chi connectivity index (χ3n) is 3.23. The van der Waals surface area contributed by atoms with Gasteiger partial charge in [-0.2, -0.15) is 0 Å². The van der Waals surface area contributed by atoms with Gasteiger partial charge in [0.2, 0.25) is 0 Å². The van der Waals surface area contributed by atoms with Crippen molar-refractivity contribution in [3.63, 3.8) is 0 Å². The van der Waals surface area contributed by atoms with Gasteiger partial charge in [-0.05, 0) is 17.7 Å². The van der Waals surface area contributed by atoms with Crippen LogP contribution in [0, 0.1) is 10.1 Å². The SMILES string of the molecule is COc1ccc([N+](=O)[O-])c(NC(=O)COC(=O)/C=C/c2ccccc2)c1. The number of ether oxygens (including phenoxy) is 2. The van der Waals surface area contributed by atoms with E-state index < -0.39 is 23.4 Å². The highest BCUT2D eigenvalue weighted by Crippen LogP contribution is 2.28. The molecule has 1 amide bonds. The zero-order valence-electron chi connectivity index (χ0n) is 13.9. The highest BCUT2D eigenvalue weighted by atomic mass is 16.6. The minimum absolute atomic E-state index is 0.0461. The second-order valence-electron chi connectivity index (χ2n) is 5.04. The zero-order valence-corrected chi connectivity index (χ0v) is 13.9. The zero-order chi connectivity index (χ0) is 18.9. The number of benzene rings is 2. The van der Waals surface area contributed by atoms with E-state index in [0.29, 0.717) is 5.75 Å². The van der Waals surface area contributed by atoms with E-state index in [9.17, 15) is 19.7 Å². The summed E-state index contributed by atoms with van der Waals surface area (Å²) in [6.07, 6.45) is 2.74. The van der Waals surface area contributed by atoms with E-state index in [2.05, 4.69) is 5.32 Å². The van der Waals surface area contributed by atoms with E-state index in [1.54, 1.807) is 18.2 Å². The molecule has 0 spiro atoms. The molecule has 0 aliphatic carbocycles. The molecule has 26 heavy (non-hydrogen) atoms. The van der Waals surface area contributed by atoms with Crippen molar-refractivity contribution in [2.24, 2.45) is 0 Å². The van der Waals surface area contributed by atoms with E-state index in [1.165, 1.54) is 31.4 Å². The van der Waals surface area contributed by atoms with Gasteiger partial charge in [0.15, 0.2) is 6.61 Å². The predicted octanol–water partition coefficient (Wildman–Crippen LogP) is 2.80. The summed E-state index contributed by atoms with van der Waals surface area (Å²) < 4.78 is 9.79. The molecule has 0 saturated carbocycles. The van der Waals surface area contributed by atoms with Crippen molar-refractivity contribution in [3.8, 4) is 5.75 Å². The number of esters is 1. The predicted molar refractivity (Wildman–Crippen MR) is 94.7 cm³/mol. The number of rotatable bonds is 7. The lowest BCUT2D eigenvalue weighted by molar-refractivity contribution is -0.383.